The second-order valence-electron chi connectivity index (χ2n) is 5.81. The molecule has 0 saturated carbocycles. The third kappa shape index (κ3) is 3.49. The number of nitro benzene ring substituents is 1. The Kier molecular flexibility index (Phi) is 5.10. The average molecular weight is 377 g/mol. The van der Waals surface area contributed by atoms with Crippen LogP contribution in [0.2, 0.25) is 0 Å². The second-order valence-corrected chi connectivity index (χ2v) is 7.75. The first-order chi connectivity index (χ1) is 12.4. The summed E-state index contributed by atoms with van der Waals surface area (Å²) >= 11 is 0. The molecular weight excluding hydrogens is 358 g/mol. The van der Waals surface area contributed by atoms with Gasteiger partial charge >= 0.3 is 0 Å². The molecule has 3 rings (SSSR count). The molecule has 1 fully saturated rings. The molecule has 0 spiro atoms. The maximum absolute atomic E-state index is 12.8. The fourth-order valence-corrected chi connectivity index (χ4v) is 4.37. The van der Waals surface area contributed by atoms with Crippen molar-refractivity contribution in [2.75, 3.05) is 38.2 Å². The van der Waals surface area contributed by atoms with E-state index >= 15 is 0 Å². The highest BCUT2D eigenvalue weighted by Gasteiger charge is 2.30. The van der Waals surface area contributed by atoms with Gasteiger partial charge in [0.05, 0.1) is 16.9 Å². The second kappa shape index (κ2) is 7.30. The molecule has 1 aliphatic rings. The summed E-state index contributed by atoms with van der Waals surface area (Å²) < 4.78 is 32.0. The van der Waals surface area contributed by atoms with Gasteiger partial charge in [-0.1, -0.05) is 12.1 Å². The summed E-state index contributed by atoms with van der Waals surface area (Å²) in [7, 11) is -2.08. The van der Waals surface area contributed by atoms with Crippen LogP contribution in [0.5, 0.6) is 5.75 Å². The Hall–Kier alpha value is -2.65. The summed E-state index contributed by atoms with van der Waals surface area (Å²) in [6.07, 6.45) is 0. The van der Waals surface area contributed by atoms with E-state index in [1.54, 1.807) is 30.3 Å². The third-order valence-electron chi connectivity index (χ3n) is 4.35. The maximum Gasteiger partial charge on any atom is 0.292 e. The molecule has 0 bridgehead atoms. The van der Waals surface area contributed by atoms with Crippen LogP contribution in [0.4, 0.5) is 11.4 Å². The average Bonchev–Trinajstić information content (AvgIpc) is 2.68. The molecule has 2 aromatic rings. The van der Waals surface area contributed by atoms with Gasteiger partial charge in [-0.15, -0.1) is 0 Å². The van der Waals surface area contributed by atoms with Crippen molar-refractivity contribution >= 4 is 21.4 Å². The summed E-state index contributed by atoms with van der Waals surface area (Å²) in [6, 6.07) is 12.7. The number of piperazine rings is 1. The number of methoxy groups -OCH3 is 1. The van der Waals surface area contributed by atoms with E-state index in [9.17, 15) is 18.5 Å². The molecule has 1 aliphatic heterocycles. The fraction of sp³-hybridized carbons (Fsp3) is 0.294. The Morgan fingerprint density at radius 1 is 1.00 bits per heavy atom. The van der Waals surface area contributed by atoms with Crippen molar-refractivity contribution in [1.82, 2.24) is 4.31 Å². The fourth-order valence-electron chi connectivity index (χ4n) is 2.95. The van der Waals surface area contributed by atoms with Gasteiger partial charge in [0.2, 0.25) is 10.0 Å². The molecule has 8 nitrogen and oxygen atoms in total. The number of benzene rings is 2. The number of rotatable bonds is 5. The van der Waals surface area contributed by atoms with Crippen LogP contribution in [-0.2, 0) is 10.0 Å². The SMILES string of the molecule is COc1ccc(S(=O)(=O)N2CCN(c3ccccc3[N+](=O)[O-])CC2)cc1. The van der Waals surface area contributed by atoms with Gasteiger partial charge in [-0.3, -0.25) is 10.1 Å². The number of nitrogens with zero attached hydrogens (tertiary/aromatic N) is 3. The summed E-state index contributed by atoms with van der Waals surface area (Å²) in [5.74, 6) is 0.588. The maximum atomic E-state index is 12.8. The number of hydrogen-bond donors (Lipinski definition) is 0. The minimum atomic E-state index is -3.60. The number of sulfonamides is 1. The minimum absolute atomic E-state index is 0.0268. The predicted molar refractivity (Wildman–Crippen MR) is 97.1 cm³/mol. The molecule has 0 aromatic heterocycles. The first kappa shape index (κ1) is 18.2. The Balaban J connectivity index is 1.74. The van der Waals surface area contributed by atoms with Crippen LogP contribution in [0.1, 0.15) is 0 Å². The lowest BCUT2D eigenvalue weighted by molar-refractivity contribution is -0.384. The van der Waals surface area contributed by atoms with E-state index in [0.717, 1.165) is 0 Å². The van der Waals surface area contributed by atoms with E-state index in [1.807, 2.05) is 4.90 Å². The van der Waals surface area contributed by atoms with Gasteiger partial charge in [0, 0.05) is 32.2 Å². The third-order valence-corrected chi connectivity index (χ3v) is 6.27. The Morgan fingerprint density at radius 2 is 1.62 bits per heavy atom. The predicted octanol–water partition coefficient (Wildman–Crippen LogP) is 2.11. The lowest BCUT2D eigenvalue weighted by atomic mass is 10.2. The zero-order chi connectivity index (χ0) is 18.7. The van der Waals surface area contributed by atoms with Crippen LogP contribution in [-0.4, -0.2) is 50.9 Å². The lowest BCUT2D eigenvalue weighted by Crippen LogP contribution is -2.48. The number of anilines is 1. The van der Waals surface area contributed by atoms with Crippen LogP contribution in [0.25, 0.3) is 0 Å². The smallest absolute Gasteiger partial charge is 0.292 e. The van der Waals surface area contributed by atoms with Gasteiger partial charge in [-0.05, 0) is 30.3 Å². The van der Waals surface area contributed by atoms with Gasteiger partial charge in [-0.2, -0.15) is 4.31 Å². The lowest BCUT2D eigenvalue weighted by Gasteiger charge is -2.35. The molecule has 0 unspecified atom stereocenters. The largest absolute Gasteiger partial charge is 0.497 e. The molecule has 9 heteroatoms. The standard InChI is InChI=1S/C17H19N3O5S/c1-25-14-6-8-15(9-7-14)26(23,24)19-12-10-18(11-13-19)16-4-2-3-5-17(16)20(21)22/h2-9H,10-13H2,1H3. The Morgan fingerprint density at radius 3 is 2.19 bits per heavy atom. The van der Waals surface area contributed by atoms with Gasteiger partial charge < -0.3 is 9.64 Å². The van der Waals surface area contributed by atoms with Gasteiger partial charge in [0.1, 0.15) is 11.4 Å². The zero-order valence-electron chi connectivity index (χ0n) is 14.2. The molecule has 138 valence electrons. The molecule has 2 aromatic carbocycles. The summed E-state index contributed by atoms with van der Waals surface area (Å²) in [5.41, 5.74) is 0.540. The van der Waals surface area contributed by atoms with Crippen LogP contribution >= 0.6 is 0 Å². The van der Waals surface area contributed by atoms with Gasteiger partial charge in [0.15, 0.2) is 0 Å². The number of nitro groups is 1. The topological polar surface area (TPSA) is 93.0 Å². The van der Waals surface area contributed by atoms with Crippen molar-refractivity contribution in [2.45, 2.75) is 4.90 Å². The summed E-state index contributed by atoms with van der Waals surface area (Å²) in [4.78, 5) is 12.8. The van der Waals surface area contributed by atoms with Crippen LogP contribution in [0.15, 0.2) is 53.4 Å². The Labute approximate surface area is 151 Å². The van der Waals surface area contributed by atoms with Crippen LogP contribution in [0, 0.1) is 10.1 Å². The highest BCUT2D eigenvalue weighted by atomic mass is 32.2. The monoisotopic (exact) mass is 377 g/mol. The molecule has 1 saturated heterocycles. The van der Waals surface area contributed by atoms with Crippen LogP contribution in [0.3, 0.4) is 0 Å². The summed E-state index contributed by atoms with van der Waals surface area (Å²) in [6.45, 7) is 1.31. The van der Waals surface area contributed by atoms with E-state index in [1.165, 1.54) is 29.6 Å². The van der Waals surface area contributed by atoms with Crippen LogP contribution < -0.4 is 9.64 Å². The molecule has 0 atom stereocenters. The van der Waals surface area contributed by atoms with Gasteiger partial charge in [-0.25, -0.2) is 8.42 Å². The summed E-state index contributed by atoms with van der Waals surface area (Å²) in [5, 5.41) is 11.2. The van der Waals surface area contributed by atoms with E-state index in [-0.39, 0.29) is 23.7 Å². The van der Waals surface area contributed by atoms with E-state index in [4.69, 9.17) is 4.74 Å². The van der Waals surface area contributed by atoms with E-state index < -0.39 is 14.9 Å². The van der Waals surface area contributed by atoms with E-state index in [2.05, 4.69) is 0 Å². The minimum Gasteiger partial charge on any atom is -0.497 e. The molecule has 26 heavy (non-hydrogen) atoms. The number of hydrogen-bond acceptors (Lipinski definition) is 6. The van der Waals surface area contributed by atoms with Crippen molar-refractivity contribution in [3.63, 3.8) is 0 Å². The van der Waals surface area contributed by atoms with Crippen molar-refractivity contribution in [3.05, 3.63) is 58.6 Å². The molecule has 0 amide bonds. The first-order valence-corrected chi connectivity index (χ1v) is 9.50. The van der Waals surface area contributed by atoms with Crippen molar-refractivity contribution in [3.8, 4) is 5.75 Å². The van der Waals surface area contributed by atoms with E-state index in [0.29, 0.717) is 24.5 Å². The highest BCUT2D eigenvalue weighted by molar-refractivity contribution is 7.89. The van der Waals surface area contributed by atoms with Crippen molar-refractivity contribution in [2.24, 2.45) is 0 Å². The number of para-hydroxylation sites is 2. The first-order valence-electron chi connectivity index (χ1n) is 8.06. The normalized spacial score (nSPS) is 15.7. The van der Waals surface area contributed by atoms with Crippen molar-refractivity contribution in [1.29, 1.82) is 0 Å². The van der Waals surface area contributed by atoms with Gasteiger partial charge in [0.25, 0.3) is 5.69 Å². The number of ether oxygens (including phenoxy) is 1. The highest BCUT2D eigenvalue weighted by Crippen LogP contribution is 2.29. The molecule has 1 heterocycles. The van der Waals surface area contributed by atoms with Crippen molar-refractivity contribution < 1.29 is 18.1 Å². The molecule has 0 aliphatic carbocycles. The Bertz CT molecular complexity index is 891. The molecule has 0 N–H and O–H groups in total. The zero-order valence-corrected chi connectivity index (χ0v) is 15.1. The molecule has 0 radical (unpaired) electrons. The molecular formula is C17H19N3O5S. The quantitative estimate of drug-likeness (QED) is 0.585.